The molecule has 13 heavy (non-hydrogen) atoms. The van der Waals surface area contributed by atoms with Crippen molar-refractivity contribution in [1.29, 1.82) is 0 Å². The molecule has 1 aliphatic heterocycles. The van der Waals surface area contributed by atoms with E-state index in [2.05, 4.69) is 37.1 Å². The molecule has 0 bridgehead atoms. The third kappa shape index (κ3) is 1.51. The number of aliphatic imine (C=N–C) groups is 1. The summed E-state index contributed by atoms with van der Waals surface area (Å²) in [6.45, 7) is 4.29. The van der Waals surface area contributed by atoms with Crippen molar-refractivity contribution in [3.05, 3.63) is 35.1 Å². The maximum Gasteiger partial charge on any atom is 0.0708 e. The molecule has 0 N–H and O–H groups in total. The van der Waals surface area contributed by atoms with Gasteiger partial charge in [-0.1, -0.05) is 19.4 Å². The molecule has 1 aliphatic carbocycles. The van der Waals surface area contributed by atoms with Crippen LogP contribution in [0, 0.1) is 0 Å². The minimum absolute atomic E-state index is 1.14. The second-order valence-corrected chi connectivity index (χ2v) is 3.66. The molecule has 0 atom stereocenters. The second-order valence-electron chi connectivity index (χ2n) is 3.66. The van der Waals surface area contributed by atoms with Gasteiger partial charge in [0.25, 0.3) is 0 Å². The lowest BCUT2D eigenvalue weighted by atomic mass is 10.0. The molecule has 0 aromatic carbocycles. The van der Waals surface area contributed by atoms with Crippen molar-refractivity contribution in [2.45, 2.75) is 33.1 Å². The summed E-state index contributed by atoms with van der Waals surface area (Å²) in [7, 11) is 0. The third-order valence-electron chi connectivity index (χ3n) is 2.51. The van der Waals surface area contributed by atoms with E-state index in [0.717, 1.165) is 5.70 Å². The van der Waals surface area contributed by atoms with Crippen LogP contribution in [0.5, 0.6) is 0 Å². The molecule has 0 saturated carbocycles. The topological polar surface area (TPSA) is 12.4 Å². The summed E-state index contributed by atoms with van der Waals surface area (Å²) in [4.78, 5) is 4.44. The SMILES string of the molecule is CCCCC1=C2C=C(C)N=C2C=C1. The lowest BCUT2D eigenvalue weighted by molar-refractivity contribution is 0.797. The van der Waals surface area contributed by atoms with Gasteiger partial charge in [0.05, 0.1) is 5.71 Å². The van der Waals surface area contributed by atoms with Crippen molar-refractivity contribution in [2.75, 3.05) is 0 Å². The Morgan fingerprint density at radius 3 is 2.92 bits per heavy atom. The Morgan fingerprint density at radius 1 is 1.31 bits per heavy atom. The normalized spacial score (nSPS) is 19.2. The van der Waals surface area contributed by atoms with Crippen molar-refractivity contribution in [3.63, 3.8) is 0 Å². The first-order valence-corrected chi connectivity index (χ1v) is 5.00. The summed E-state index contributed by atoms with van der Waals surface area (Å²) in [5.41, 5.74) is 5.15. The first kappa shape index (κ1) is 8.49. The van der Waals surface area contributed by atoms with Crippen molar-refractivity contribution < 1.29 is 0 Å². The van der Waals surface area contributed by atoms with Crippen LogP contribution < -0.4 is 0 Å². The molecule has 0 saturated heterocycles. The molecule has 0 fully saturated rings. The summed E-state index contributed by atoms with van der Waals surface area (Å²) in [5, 5.41) is 0. The van der Waals surface area contributed by atoms with Crippen LogP contribution in [-0.4, -0.2) is 5.71 Å². The predicted molar refractivity (Wildman–Crippen MR) is 56.9 cm³/mol. The monoisotopic (exact) mass is 173 g/mol. The van der Waals surface area contributed by atoms with Crippen molar-refractivity contribution >= 4 is 5.71 Å². The Morgan fingerprint density at radius 2 is 2.15 bits per heavy atom. The molecule has 1 heterocycles. The molecule has 0 aromatic heterocycles. The van der Waals surface area contributed by atoms with Crippen LogP contribution in [-0.2, 0) is 0 Å². The van der Waals surface area contributed by atoms with Crippen LogP contribution in [0.4, 0.5) is 0 Å². The highest BCUT2D eigenvalue weighted by Crippen LogP contribution is 2.28. The van der Waals surface area contributed by atoms with Crippen LogP contribution in [0.2, 0.25) is 0 Å². The van der Waals surface area contributed by atoms with Gasteiger partial charge in [-0.15, -0.1) is 0 Å². The van der Waals surface area contributed by atoms with Crippen LogP contribution in [0.15, 0.2) is 40.1 Å². The predicted octanol–water partition coefficient (Wildman–Crippen LogP) is 3.40. The Hall–Kier alpha value is -1.11. The molecule has 2 aliphatic rings. The fourth-order valence-electron chi connectivity index (χ4n) is 1.80. The first-order chi connectivity index (χ1) is 6.31. The summed E-state index contributed by atoms with van der Waals surface area (Å²) in [5.74, 6) is 0. The summed E-state index contributed by atoms with van der Waals surface area (Å²) >= 11 is 0. The highest BCUT2D eigenvalue weighted by Gasteiger charge is 2.17. The minimum Gasteiger partial charge on any atom is -0.253 e. The maximum absolute atomic E-state index is 4.44. The Kier molecular flexibility index (Phi) is 2.17. The highest BCUT2D eigenvalue weighted by molar-refractivity contribution is 6.16. The molecular weight excluding hydrogens is 158 g/mol. The van der Waals surface area contributed by atoms with Gasteiger partial charge in [-0.2, -0.15) is 0 Å². The first-order valence-electron chi connectivity index (χ1n) is 5.00. The third-order valence-corrected chi connectivity index (χ3v) is 2.51. The second kappa shape index (κ2) is 3.33. The maximum atomic E-state index is 4.44. The zero-order valence-corrected chi connectivity index (χ0v) is 8.30. The fourth-order valence-corrected chi connectivity index (χ4v) is 1.80. The molecule has 0 radical (unpaired) electrons. The number of hydrogen-bond donors (Lipinski definition) is 0. The number of hydrogen-bond acceptors (Lipinski definition) is 1. The number of nitrogens with zero attached hydrogens (tertiary/aromatic N) is 1. The van der Waals surface area contributed by atoms with Crippen LogP contribution in [0.3, 0.4) is 0 Å². The molecule has 1 nitrogen and oxygen atoms in total. The number of unbranched alkanes of at least 4 members (excludes halogenated alkanes) is 1. The molecule has 1 heteroatoms. The minimum atomic E-state index is 1.14. The number of fused-ring (bicyclic) bond motifs is 1. The standard InChI is InChI=1S/C12H15N/c1-3-4-5-10-6-7-12-11(10)8-9(2)13-12/h6-8H,3-5H2,1-2H3. The molecule has 0 unspecified atom stereocenters. The van der Waals surface area contributed by atoms with Gasteiger partial charge < -0.3 is 0 Å². The summed E-state index contributed by atoms with van der Waals surface area (Å²) < 4.78 is 0. The molecular formula is C12H15N. The van der Waals surface area contributed by atoms with Gasteiger partial charge in [-0.05, 0) is 37.5 Å². The summed E-state index contributed by atoms with van der Waals surface area (Å²) in [6, 6.07) is 0. The molecule has 0 amide bonds. The van der Waals surface area contributed by atoms with Gasteiger partial charge in [0, 0.05) is 11.3 Å². The zero-order chi connectivity index (χ0) is 9.26. The van der Waals surface area contributed by atoms with Gasteiger partial charge in [-0.3, -0.25) is 4.99 Å². The molecule has 0 spiro atoms. The van der Waals surface area contributed by atoms with E-state index in [1.54, 1.807) is 0 Å². The van der Waals surface area contributed by atoms with Crippen LogP contribution in [0.1, 0.15) is 33.1 Å². The molecule has 2 rings (SSSR count). The molecule has 0 aromatic rings. The average molecular weight is 173 g/mol. The van der Waals surface area contributed by atoms with E-state index in [9.17, 15) is 0 Å². The van der Waals surface area contributed by atoms with E-state index in [-0.39, 0.29) is 0 Å². The van der Waals surface area contributed by atoms with E-state index < -0.39 is 0 Å². The smallest absolute Gasteiger partial charge is 0.0708 e. The van der Waals surface area contributed by atoms with Crippen molar-refractivity contribution in [3.8, 4) is 0 Å². The van der Waals surface area contributed by atoms with E-state index in [1.807, 2.05) is 0 Å². The number of rotatable bonds is 3. The van der Waals surface area contributed by atoms with Gasteiger partial charge in [0.1, 0.15) is 0 Å². The fraction of sp³-hybridized carbons (Fsp3) is 0.417. The van der Waals surface area contributed by atoms with Gasteiger partial charge >= 0.3 is 0 Å². The lowest BCUT2D eigenvalue weighted by Crippen LogP contribution is -1.89. The average Bonchev–Trinajstić information content (AvgIpc) is 2.61. The zero-order valence-electron chi connectivity index (χ0n) is 8.30. The Balaban J connectivity index is 2.20. The van der Waals surface area contributed by atoms with Crippen molar-refractivity contribution in [1.82, 2.24) is 0 Å². The molecule has 68 valence electrons. The lowest BCUT2D eigenvalue weighted by Gasteiger charge is -1.99. The quantitative estimate of drug-likeness (QED) is 0.620. The van der Waals surface area contributed by atoms with Crippen molar-refractivity contribution in [2.24, 2.45) is 4.99 Å². The van der Waals surface area contributed by atoms with Gasteiger partial charge in [0.2, 0.25) is 0 Å². The van der Waals surface area contributed by atoms with E-state index in [4.69, 9.17) is 0 Å². The number of allylic oxidation sites excluding steroid dienone is 6. The summed E-state index contributed by atoms with van der Waals surface area (Å²) in [6.07, 6.45) is 10.3. The van der Waals surface area contributed by atoms with E-state index in [0.29, 0.717) is 0 Å². The Labute approximate surface area is 79.6 Å². The van der Waals surface area contributed by atoms with E-state index >= 15 is 0 Å². The highest BCUT2D eigenvalue weighted by atomic mass is 14.8. The van der Waals surface area contributed by atoms with E-state index in [1.165, 1.54) is 36.1 Å². The van der Waals surface area contributed by atoms with Crippen LogP contribution >= 0.6 is 0 Å². The van der Waals surface area contributed by atoms with Crippen LogP contribution in [0.25, 0.3) is 0 Å². The largest absolute Gasteiger partial charge is 0.253 e. The Bertz CT molecular complexity index is 340. The van der Waals surface area contributed by atoms with Gasteiger partial charge in [-0.25, -0.2) is 0 Å². The van der Waals surface area contributed by atoms with Gasteiger partial charge in [0.15, 0.2) is 0 Å².